The van der Waals surface area contributed by atoms with Crippen LogP contribution in [0, 0.1) is 6.92 Å². The molecule has 0 amide bonds. The fourth-order valence-electron chi connectivity index (χ4n) is 3.83. The Kier molecular flexibility index (Phi) is 11.7. The molecule has 2 rings (SSSR count). The molecule has 0 saturated carbocycles. The van der Waals surface area contributed by atoms with Crippen molar-refractivity contribution in [2.75, 3.05) is 13.2 Å². The van der Waals surface area contributed by atoms with E-state index in [1.54, 1.807) is 6.92 Å². The molecule has 1 fully saturated rings. The summed E-state index contributed by atoms with van der Waals surface area (Å²) in [6, 6.07) is -0.603. The van der Waals surface area contributed by atoms with Crippen molar-refractivity contribution in [3.63, 3.8) is 0 Å². The number of H-pyrrole nitrogens is 1. The lowest BCUT2D eigenvalue weighted by Gasteiger charge is -2.17. The van der Waals surface area contributed by atoms with Gasteiger partial charge in [0, 0.05) is 41.0 Å². The average molecular weight is 477 g/mol. The molecule has 1 saturated heterocycles. The molecule has 0 aromatic carbocycles. The second-order valence-corrected chi connectivity index (χ2v) is 8.33. The second-order valence-electron chi connectivity index (χ2n) is 8.33. The molecule has 1 aliphatic rings. The molecule has 34 heavy (non-hydrogen) atoms. The zero-order valence-electron chi connectivity index (χ0n) is 19.5. The number of aryl methyl sites for hydroxylation is 1. The van der Waals surface area contributed by atoms with E-state index in [4.69, 9.17) is 20.5 Å². The van der Waals surface area contributed by atoms with Gasteiger partial charge in [0.1, 0.15) is 18.9 Å². The molecule has 2 heterocycles. The molecule has 3 unspecified atom stereocenters. The van der Waals surface area contributed by atoms with Crippen molar-refractivity contribution < 1.29 is 14.3 Å². The third kappa shape index (κ3) is 8.93. The van der Waals surface area contributed by atoms with Gasteiger partial charge in [0.05, 0.1) is 6.04 Å². The summed E-state index contributed by atoms with van der Waals surface area (Å²) in [7, 11) is 0. The number of aromatic amines is 1. The minimum Gasteiger partial charge on any atom is -0.463 e. The smallest absolute Gasteiger partial charge is 0.330 e. The minimum absolute atomic E-state index is 0.0774. The molecule has 0 aliphatic carbocycles. The topological polar surface area (TPSA) is 188 Å². The maximum atomic E-state index is 12.1. The second kappa shape index (κ2) is 14.8. The molecule has 13 nitrogen and oxygen atoms in total. The first-order chi connectivity index (χ1) is 16.5. The van der Waals surface area contributed by atoms with E-state index in [0.29, 0.717) is 18.5 Å². The Labute approximate surface area is 196 Å². The number of aromatic nitrogens is 2. The van der Waals surface area contributed by atoms with Crippen LogP contribution in [0.25, 0.3) is 20.9 Å². The van der Waals surface area contributed by atoms with E-state index < -0.39 is 29.6 Å². The van der Waals surface area contributed by atoms with Crippen LogP contribution in [0.1, 0.15) is 76.0 Å². The summed E-state index contributed by atoms with van der Waals surface area (Å²) in [5.41, 5.74) is 16.3. The Bertz CT molecular complexity index is 1010. The first-order valence-electron chi connectivity index (χ1n) is 11.6. The number of carbonyl (C=O) groups is 1. The monoisotopic (exact) mass is 476 g/mol. The standard InChI is InChI=1S/C21H32N8O5/c1-15-13-29(21(32)25-20(15)31)18-12-16(26-28-23)17(34-18)14-33-19(30)10-8-6-4-2-3-5-7-9-11-24-27-22/h13,16-18H,2-12,14H2,1H3,(H,25,31,32). The average Bonchev–Trinajstić information content (AvgIpc) is 3.21. The van der Waals surface area contributed by atoms with Crippen LogP contribution < -0.4 is 11.2 Å². The number of nitrogens with one attached hydrogen (secondary N) is 1. The number of hydrogen-bond acceptors (Lipinski definition) is 7. The van der Waals surface area contributed by atoms with Crippen LogP contribution in [0.4, 0.5) is 0 Å². The lowest BCUT2D eigenvalue weighted by molar-refractivity contribution is -0.148. The normalized spacial score (nSPS) is 19.3. The van der Waals surface area contributed by atoms with Gasteiger partial charge in [-0.2, -0.15) is 0 Å². The van der Waals surface area contributed by atoms with Gasteiger partial charge in [0.25, 0.3) is 5.56 Å². The molecule has 0 bridgehead atoms. The van der Waals surface area contributed by atoms with Gasteiger partial charge in [-0.25, -0.2) is 4.79 Å². The van der Waals surface area contributed by atoms with Gasteiger partial charge in [0.2, 0.25) is 0 Å². The van der Waals surface area contributed by atoms with Crippen molar-refractivity contribution in [1.29, 1.82) is 0 Å². The number of unbranched alkanes of at least 4 members (excludes halogenated alkanes) is 7. The number of ether oxygens (including phenoxy) is 2. The van der Waals surface area contributed by atoms with E-state index in [-0.39, 0.29) is 19.0 Å². The number of carbonyl (C=O) groups excluding carboxylic acids is 1. The van der Waals surface area contributed by atoms with E-state index in [2.05, 4.69) is 25.0 Å². The summed E-state index contributed by atoms with van der Waals surface area (Å²) >= 11 is 0. The van der Waals surface area contributed by atoms with Crippen LogP contribution in [0.5, 0.6) is 0 Å². The summed E-state index contributed by atoms with van der Waals surface area (Å²) < 4.78 is 12.4. The van der Waals surface area contributed by atoms with Crippen molar-refractivity contribution in [2.45, 2.75) is 89.5 Å². The number of esters is 1. The Morgan fingerprint density at radius 1 is 1.15 bits per heavy atom. The molecule has 13 heteroatoms. The highest BCUT2D eigenvalue weighted by Crippen LogP contribution is 2.30. The van der Waals surface area contributed by atoms with Gasteiger partial charge in [-0.3, -0.25) is 19.1 Å². The van der Waals surface area contributed by atoms with Crippen molar-refractivity contribution in [3.8, 4) is 0 Å². The van der Waals surface area contributed by atoms with Crippen molar-refractivity contribution in [2.24, 2.45) is 10.2 Å². The summed E-state index contributed by atoms with van der Waals surface area (Å²) in [6.45, 7) is 2.05. The zero-order valence-corrected chi connectivity index (χ0v) is 19.5. The van der Waals surface area contributed by atoms with Crippen LogP contribution in [-0.2, 0) is 14.3 Å². The fraction of sp³-hybridized carbons (Fsp3) is 0.762. The molecule has 1 aliphatic heterocycles. The minimum atomic E-state index is -0.735. The number of azide groups is 2. The Morgan fingerprint density at radius 3 is 2.50 bits per heavy atom. The van der Waals surface area contributed by atoms with Crippen molar-refractivity contribution in [3.05, 3.63) is 53.5 Å². The quantitative estimate of drug-likeness (QED) is 0.130. The Hall–Kier alpha value is -3.27. The van der Waals surface area contributed by atoms with Crippen LogP contribution >= 0.6 is 0 Å². The van der Waals surface area contributed by atoms with Gasteiger partial charge in [-0.05, 0) is 30.8 Å². The van der Waals surface area contributed by atoms with Crippen molar-refractivity contribution in [1.82, 2.24) is 9.55 Å². The lowest BCUT2D eigenvalue weighted by Crippen LogP contribution is -2.33. The summed E-state index contributed by atoms with van der Waals surface area (Å²) in [4.78, 5) is 43.6. The van der Waals surface area contributed by atoms with Gasteiger partial charge in [-0.1, -0.05) is 48.8 Å². The highest BCUT2D eigenvalue weighted by Gasteiger charge is 2.37. The molecular formula is C21H32N8O5. The molecule has 3 atom stereocenters. The highest BCUT2D eigenvalue weighted by atomic mass is 16.6. The van der Waals surface area contributed by atoms with Gasteiger partial charge in [0.15, 0.2) is 0 Å². The lowest BCUT2D eigenvalue weighted by atomic mass is 10.1. The van der Waals surface area contributed by atoms with Crippen LogP contribution in [0.15, 0.2) is 26.0 Å². The highest BCUT2D eigenvalue weighted by molar-refractivity contribution is 5.69. The molecule has 186 valence electrons. The van der Waals surface area contributed by atoms with Crippen LogP contribution in [0.2, 0.25) is 0 Å². The molecule has 1 N–H and O–H groups in total. The first kappa shape index (κ1) is 27.0. The number of hydrogen-bond donors (Lipinski definition) is 1. The van der Waals surface area contributed by atoms with Gasteiger partial charge >= 0.3 is 11.7 Å². The third-order valence-electron chi connectivity index (χ3n) is 5.72. The number of rotatable bonds is 15. The van der Waals surface area contributed by atoms with Crippen molar-refractivity contribution >= 4 is 5.97 Å². The first-order valence-corrected chi connectivity index (χ1v) is 11.6. The SMILES string of the molecule is Cc1cn(C2CC(N=[N+]=[N-])C(COC(=O)CCCCCCCCCCN=[N+]=[N-])O2)c(=O)[nH]c1=O. The fourth-order valence-corrected chi connectivity index (χ4v) is 3.83. The predicted molar refractivity (Wildman–Crippen MR) is 124 cm³/mol. The Balaban J connectivity index is 1.68. The molecule has 0 spiro atoms. The van der Waals surface area contributed by atoms with E-state index in [1.165, 1.54) is 10.8 Å². The van der Waals surface area contributed by atoms with Gasteiger partial charge in [-0.15, -0.1) is 0 Å². The maximum Gasteiger partial charge on any atom is 0.330 e. The summed E-state index contributed by atoms with van der Waals surface area (Å²) in [5.74, 6) is -0.346. The summed E-state index contributed by atoms with van der Waals surface area (Å²) in [6.07, 6.45) is 8.54. The molecule has 1 aromatic heterocycles. The van der Waals surface area contributed by atoms with Crippen LogP contribution in [0.3, 0.4) is 0 Å². The van der Waals surface area contributed by atoms with E-state index in [0.717, 1.165) is 51.4 Å². The Morgan fingerprint density at radius 2 is 1.82 bits per heavy atom. The van der Waals surface area contributed by atoms with Gasteiger partial charge < -0.3 is 9.47 Å². The van der Waals surface area contributed by atoms with E-state index >= 15 is 0 Å². The molecular weight excluding hydrogens is 444 g/mol. The zero-order chi connectivity index (χ0) is 24.8. The van der Waals surface area contributed by atoms with E-state index in [1.807, 2.05) is 0 Å². The molecule has 1 aromatic rings. The van der Waals surface area contributed by atoms with E-state index in [9.17, 15) is 14.4 Å². The largest absolute Gasteiger partial charge is 0.463 e. The van der Waals surface area contributed by atoms with Crippen LogP contribution in [-0.4, -0.2) is 40.8 Å². The third-order valence-corrected chi connectivity index (χ3v) is 5.72. The maximum absolute atomic E-state index is 12.1. The predicted octanol–water partition coefficient (Wildman–Crippen LogP) is 4.18. The number of nitrogens with zero attached hydrogens (tertiary/aromatic N) is 7. The molecule has 0 radical (unpaired) electrons. The summed E-state index contributed by atoms with van der Waals surface area (Å²) in [5, 5.41) is 7.23.